The summed E-state index contributed by atoms with van der Waals surface area (Å²) in [6.45, 7) is 4.09. The minimum Gasteiger partial charge on any atom is -0.364 e. The van der Waals surface area contributed by atoms with Gasteiger partial charge in [0.2, 0.25) is 5.91 Å². The van der Waals surface area contributed by atoms with Gasteiger partial charge in [0.15, 0.2) is 11.6 Å². The van der Waals surface area contributed by atoms with Gasteiger partial charge < -0.3 is 15.5 Å². The molecule has 2 N–H and O–H groups in total. The van der Waals surface area contributed by atoms with Gasteiger partial charge in [0.25, 0.3) is 0 Å². The summed E-state index contributed by atoms with van der Waals surface area (Å²) in [7, 11) is 0. The van der Waals surface area contributed by atoms with Gasteiger partial charge in [-0.05, 0) is 0 Å². The molecule has 7 nitrogen and oxygen atoms in total. The number of benzene rings is 1. The number of carbonyl (C=O) groups is 1. The average molecular weight is 336 g/mol. The van der Waals surface area contributed by atoms with E-state index >= 15 is 0 Å². The number of nitrogens with zero attached hydrogens (tertiary/aromatic N) is 4. The van der Waals surface area contributed by atoms with Crippen LogP contribution in [-0.4, -0.2) is 47.1 Å². The lowest BCUT2D eigenvalue weighted by Crippen LogP contribution is -2.44. The van der Waals surface area contributed by atoms with Crippen molar-refractivity contribution < 1.29 is 13.6 Å². The summed E-state index contributed by atoms with van der Waals surface area (Å²) in [6.07, 6.45) is 1.52. The molecular formula is C15H18F2N6O. The highest BCUT2D eigenvalue weighted by atomic mass is 19.1. The van der Waals surface area contributed by atoms with E-state index in [0.29, 0.717) is 31.9 Å². The number of piperazine rings is 1. The molecular weight excluding hydrogens is 318 g/mol. The van der Waals surface area contributed by atoms with Crippen LogP contribution in [-0.2, 0) is 11.3 Å². The fourth-order valence-electron chi connectivity index (χ4n) is 2.60. The predicted octanol–water partition coefficient (Wildman–Crippen LogP) is 0.591. The predicted molar refractivity (Wildman–Crippen MR) is 83.9 cm³/mol. The molecule has 0 atom stereocenters. The summed E-state index contributed by atoms with van der Waals surface area (Å²) < 4.78 is 30.1. The number of halogens is 2. The molecule has 1 aromatic heterocycles. The highest BCUT2D eigenvalue weighted by Gasteiger charge is 2.20. The fraction of sp³-hybridized carbons (Fsp3) is 0.400. The summed E-state index contributed by atoms with van der Waals surface area (Å²) in [5.74, 6) is -1.46. The normalized spacial score (nSPS) is 14.7. The Kier molecular flexibility index (Phi) is 4.70. The minimum absolute atomic E-state index is 0.0150. The van der Waals surface area contributed by atoms with Crippen molar-refractivity contribution in [2.24, 2.45) is 0 Å². The van der Waals surface area contributed by atoms with E-state index in [1.165, 1.54) is 29.9 Å². The lowest BCUT2D eigenvalue weighted by atomic mass is 10.2. The molecule has 1 aliphatic heterocycles. The van der Waals surface area contributed by atoms with Gasteiger partial charge in [-0.2, -0.15) is 0 Å². The Labute approximate surface area is 137 Å². The van der Waals surface area contributed by atoms with Crippen LogP contribution in [0.25, 0.3) is 5.69 Å². The van der Waals surface area contributed by atoms with Gasteiger partial charge in [0.05, 0.1) is 18.4 Å². The van der Waals surface area contributed by atoms with Crippen LogP contribution in [0.3, 0.4) is 0 Å². The number of rotatable bonds is 4. The maximum Gasteiger partial charge on any atom is 0.217 e. The molecule has 0 radical (unpaired) electrons. The molecule has 0 spiro atoms. The maximum absolute atomic E-state index is 14.4. The Morgan fingerprint density at radius 1 is 1.29 bits per heavy atom. The van der Waals surface area contributed by atoms with E-state index < -0.39 is 11.6 Å². The number of aromatic nitrogens is 3. The third-order valence-electron chi connectivity index (χ3n) is 3.76. The van der Waals surface area contributed by atoms with E-state index in [1.54, 1.807) is 4.90 Å². The first-order valence-corrected chi connectivity index (χ1v) is 7.65. The van der Waals surface area contributed by atoms with Gasteiger partial charge in [0, 0.05) is 45.2 Å². The van der Waals surface area contributed by atoms with Gasteiger partial charge in [-0.15, -0.1) is 5.10 Å². The SMILES string of the molecule is CC(=O)NCc1cn(-c2cc(F)c(N3CCNCC3)c(F)c2)nn1. The Morgan fingerprint density at radius 3 is 2.58 bits per heavy atom. The van der Waals surface area contributed by atoms with Gasteiger partial charge in [-0.25, -0.2) is 13.5 Å². The molecule has 3 rings (SSSR count). The van der Waals surface area contributed by atoms with Gasteiger partial charge >= 0.3 is 0 Å². The van der Waals surface area contributed by atoms with E-state index in [0.717, 1.165) is 0 Å². The standard InChI is InChI=1S/C15H18F2N6O/c1-10(24)19-8-11-9-23(21-20-11)12-6-13(16)15(14(17)7-12)22-4-2-18-3-5-22/h6-7,9,18H,2-5,8H2,1H3,(H,19,24). The summed E-state index contributed by atoms with van der Waals surface area (Å²) in [4.78, 5) is 12.6. The lowest BCUT2D eigenvalue weighted by Gasteiger charge is -2.30. The molecule has 2 aromatic rings. The first-order chi connectivity index (χ1) is 11.5. The smallest absolute Gasteiger partial charge is 0.217 e. The summed E-state index contributed by atoms with van der Waals surface area (Å²) >= 11 is 0. The fourth-order valence-corrected chi connectivity index (χ4v) is 2.60. The monoisotopic (exact) mass is 336 g/mol. The summed E-state index contributed by atoms with van der Waals surface area (Å²) in [6, 6.07) is 2.47. The minimum atomic E-state index is -0.634. The van der Waals surface area contributed by atoms with Crippen LogP contribution in [0.5, 0.6) is 0 Å². The molecule has 0 aliphatic carbocycles. The Hall–Kier alpha value is -2.55. The third kappa shape index (κ3) is 3.51. The molecule has 24 heavy (non-hydrogen) atoms. The zero-order valence-corrected chi connectivity index (χ0v) is 13.2. The van der Waals surface area contributed by atoms with Crippen LogP contribution in [0.4, 0.5) is 14.5 Å². The second-order valence-corrected chi connectivity index (χ2v) is 5.56. The van der Waals surface area contributed by atoms with Crippen LogP contribution in [0.1, 0.15) is 12.6 Å². The topological polar surface area (TPSA) is 75.1 Å². The first-order valence-electron chi connectivity index (χ1n) is 7.65. The molecule has 0 unspecified atom stereocenters. The zero-order valence-electron chi connectivity index (χ0n) is 13.2. The van der Waals surface area contributed by atoms with Crippen molar-refractivity contribution in [3.63, 3.8) is 0 Å². The molecule has 2 heterocycles. The second-order valence-electron chi connectivity index (χ2n) is 5.56. The van der Waals surface area contributed by atoms with Gasteiger partial charge in [-0.3, -0.25) is 4.79 Å². The van der Waals surface area contributed by atoms with Gasteiger partial charge in [0.1, 0.15) is 11.4 Å². The molecule has 1 amide bonds. The van der Waals surface area contributed by atoms with Crippen LogP contribution in [0, 0.1) is 11.6 Å². The second kappa shape index (κ2) is 6.91. The molecule has 1 aliphatic rings. The summed E-state index contributed by atoms with van der Waals surface area (Å²) in [5.41, 5.74) is 0.724. The Bertz CT molecular complexity index is 718. The molecule has 9 heteroatoms. The zero-order chi connectivity index (χ0) is 17.1. The van der Waals surface area contributed by atoms with E-state index in [9.17, 15) is 13.6 Å². The molecule has 1 saturated heterocycles. The van der Waals surface area contributed by atoms with Crippen molar-refractivity contribution in [2.75, 3.05) is 31.1 Å². The number of nitrogens with one attached hydrogen (secondary N) is 2. The van der Waals surface area contributed by atoms with Crippen molar-refractivity contribution in [2.45, 2.75) is 13.5 Å². The Morgan fingerprint density at radius 2 is 1.96 bits per heavy atom. The number of amides is 1. The van der Waals surface area contributed by atoms with Crippen LogP contribution in [0.2, 0.25) is 0 Å². The highest BCUT2D eigenvalue weighted by Crippen LogP contribution is 2.26. The van der Waals surface area contributed by atoms with Crippen molar-refractivity contribution in [1.29, 1.82) is 0 Å². The quantitative estimate of drug-likeness (QED) is 0.855. The van der Waals surface area contributed by atoms with Crippen LogP contribution >= 0.6 is 0 Å². The van der Waals surface area contributed by atoms with Crippen molar-refractivity contribution >= 4 is 11.6 Å². The van der Waals surface area contributed by atoms with E-state index in [1.807, 2.05) is 0 Å². The van der Waals surface area contributed by atoms with Crippen LogP contribution in [0.15, 0.2) is 18.3 Å². The van der Waals surface area contributed by atoms with Crippen LogP contribution < -0.4 is 15.5 Å². The summed E-state index contributed by atoms with van der Waals surface area (Å²) in [5, 5.41) is 13.4. The number of anilines is 1. The number of hydrogen-bond acceptors (Lipinski definition) is 5. The van der Waals surface area contributed by atoms with Gasteiger partial charge in [-0.1, -0.05) is 5.21 Å². The number of carbonyl (C=O) groups excluding carboxylic acids is 1. The molecule has 128 valence electrons. The molecule has 1 aromatic carbocycles. The van der Waals surface area contributed by atoms with E-state index in [-0.39, 0.29) is 23.8 Å². The molecule has 0 bridgehead atoms. The number of hydrogen-bond donors (Lipinski definition) is 2. The maximum atomic E-state index is 14.4. The Balaban J connectivity index is 1.83. The van der Waals surface area contributed by atoms with Crippen molar-refractivity contribution in [1.82, 2.24) is 25.6 Å². The average Bonchev–Trinajstić information content (AvgIpc) is 3.02. The first kappa shape index (κ1) is 16.3. The van der Waals surface area contributed by atoms with Crippen molar-refractivity contribution in [3.8, 4) is 5.69 Å². The van der Waals surface area contributed by atoms with E-state index in [4.69, 9.17) is 0 Å². The lowest BCUT2D eigenvalue weighted by molar-refractivity contribution is -0.119. The van der Waals surface area contributed by atoms with Crippen molar-refractivity contribution in [3.05, 3.63) is 35.7 Å². The molecule has 1 fully saturated rings. The van der Waals surface area contributed by atoms with E-state index in [2.05, 4.69) is 20.9 Å². The highest BCUT2D eigenvalue weighted by molar-refractivity contribution is 5.72. The molecule has 0 saturated carbocycles. The largest absolute Gasteiger partial charge is 0.364 e. The third-order valence-corrected chi connectivity index (χ3v) is 3.76.